The molecule has 0 rings (SSSR count). The highest BCUT2D eigenvalue weighted by atomic mass is 32.1. The van der Waals surface area contributed by atoms with Gasteiger partial charge in [0.15, 0.2) is 0 Å². The van der Waals surface area contributed by atoms with Crippen molar-refractivity contribution in [2.45, 2.75) is 89.2 Å². The Labute approximate surface area is 120 Å². The van der Waals surface area contributed by atoms with Gasteiger partial charge in [-0.1, -0.05) is 71.1 Å². The minimum Gasteiger partial charge on any atom is -0.179 e. The largest absolute Gasteiger partial charge is 0.179 e. The van der Waals surface area contributed by atoms with Crippen molar-refractivity contribution in [1.29, 1.82) is 0 Å². The molecule has 1 unspecified atom stereocenters. The Morgan fingerprint density at radius 2 is 1.18 bits per heavy atom. The van der Waals surface area contributed by atoms with Crippen LogP contribution in [-0.4, -0.2) is 11.0 Å². The highest BCUT2D eigenvalue weighted by molar-refractivity contribution is 7.81. The smallest absolute Gasteiger partial charge is 0.00245 e. The highest BCUT2D eigenvalue weighted by Crippen LogP contribution is 2.15. The van der Waals surface area contributed by atoms with Crippen molar-refractivity contribution < 1.29 is 0 Å². The van der Waals surface area contributed by atoms with Crippen LogP contribution in [-0.2, 0) is 0 Å². The number of hydrogen-bond donors (Lipinski definition) is 2. The molecule has 0 heterocycles. The van der Waals surface area contributed by atoms with Gasteiger partial charge in [0.2, 0.25) is 0 Å². The molecule has 0 saturated carbocycles. The third kappa shape index (κ3) is 14.6. The van der Waals surface area contributed by atoms with E-state index in [1.165, 1.54) is 70.6 Å². The molecule has 0 nitrogen and oxygen atoms in total. The predicted octanol–water partition coefficient (Wildman–Crippen LogP) is 5.92. The lowest BCUT2D eigenvalue weighted by Crippen LogP contribution is -1.99. The van der Waals surface area contributed by atoms with Gasteiger partial charge in [-0.2, -0.15) is 25.3 Å². The molecule has 0 aromatic carbocycles. The number of unbranched alkanes of at least 4 members (excludes halogenated alkanes) is 9. The van der Waals surface area contributed by atoms with Gasteiger partial charge >= 0.3 is 0 Å². The van der Waals surface area contributed by atoms with E-state index in [1.54, 1.807) is 0 Å². The summed E-state index contributed by atoms with van der Waals surface area (Å²) < 4.78 is 0. The van der Waals surface area contributed by atoms with Crippen LogP contribution in [0.1, 0.15) is 84.0 Å². The molecule has 0 aromatic rings. The van der Waals surface area contributed by atoms with Crippen LogP contribution < -0.4 is 0 Å². The maximum atomic E-state index is 4.55. The Kier molecular flexibility index (Phi) is 15.4. The maximum absolute atomic E-state index is 4.55. The van der Waals surface area contributed by atoms with E-state index in [-0.39, 0.29) is 0 Å². The number of rotatable bonds is 13. The molecular weight excluding hydrogens is 244 g/mol. The minimum atomic E-state index is 0.585. The van der Waals surface area contributed by atoms with Gasteiger partial charge in [-0.3, -0.25) is 0 Å². The summed E-state index contributed by atoms with van der Waals surface area (Å²) in [5.74, 6) is 0.978. The van der Waals surface area contributed by atoms with Crippen LogP contribution in [0.5, 0.6) is 0 Å². The summed E-state index contributed by atoms with van der Waals surface area (Å²) in [6, 6.07) is 0. The molecule has 0 aliphatic carbocycles. The maximum Gasteiger partial charge on any atom is 0.00245 e. The summed E-state index contributed by atoms with van der Waals surface area (Å²) in [5, 5.41) is 0.585. The normalized spacial score (nSPS) is 12.9. The minimum absolute atomic E-state index is 0.585. The molecule has 104 valence electrons. The molecular formula is C15H32S2. The van der Waals surface area contributed by atoms with E-state index in [0.29, 0.717) is 5.25 Å². The van der Waals surface area contributed by atoms with E-state index in [9.17, 15) is 0 Å². The number of hydrogen-bond acceptors (Lipinski definition) is 2. The standard InChI is InChI=1S/C15H32S2/c1-2-3-4-5-6-7-8-9-10-11-12-15(17)13-14-16/h15-17H,2-14H2,1H3. The van der Waals surface area contributed by atoms with Gasteiger partial charge in [0.05, 0.1) is 0 Å². The third-order valence-corrected chi connectivity index (χ3v) is 4.13. The molecule has 0 aromatic heterocycles. The Hall–Kier alpha value is 0.700. The van der Waals surface area contributed by atoms with Gasteiger partial charge in [-0.05, 0) is 18.6 Å². The zero-order valence-corrected chi connectivity index (χ0v) is 13.5. The van der Waals surface area contributed by atoms with Gasteiger partial charge < -0.3 is 0 Å². The second-order valence-corrected chi connectivity index (χ2v) is 6.31. The summed E-state index contributed by atoms with van der Waals surface area (Å²) in [4.78, 5) is 0. The lowest BCUT2D eigenvalue weighted by Gasteiger charge is -2.08. The summed E-state index contributed by atoms with van der Waals surface area (Å²) in [5.41, 5.74) is 0. The first-order valence-electron chi connectivity index (χ1n) is 7.60. The fraction of sp³-hybridized carbons (Fsp3) is 1.00. The fourth-order valence-corrected chi connectivity index (χ4v) is 2.99. The highest BCUT2D eigenvalue weighted by Gasteiger charge is 2.00. The second kappa shape index (κ2) is 14.8. The molecule has 1 atom stereocenters. The van der Waals surface area contributed by atoms with Gasteiger partial charge in [-0.25, -0.2) is 0 Å². The Morgan fingerprint density at radius 1 is 0.706 bits per heavy atom. The van der Waals surface area contributed by atoms with E-state index < -0.39 is 0 Å². The zero-order valence-electron chi connectivity index (χ0n) is 11.7. The van der Waals surface area contributed by atoms with E-state index in [0.717, 1.165) is 12.2 Å². The summed E-state index contributed by atoms with van der Waals surface area (Å²) >= 11 is 8.79. The average molecular weight is 277 g/mol. The van der Waals surface area contributed by atoms with Crippen molar-refractivity contribution in [1.82, 2.24) is 0 Å². The van der Waals surface area contributed by atoms with Crippen LogP contribution in [0.3, 0.4) is 0 Å². The first-order valence-corrected chi connectivity index (χ1v) is 8.75. The van der Waals surface area contributed by atoms with Crippen LogP contribution in [0, 0.1) is 0 Å². The van der Waals surface area contributed by atoms with Crippen LogP contribution in [0.2, 0.25) is 0 Å². The van der Waals surface area contributed by atoms with Crippen LogP contribution in [0.25, 0.3) is 0 Å². The summed E-state index contributed by atoms with van der Waals surface area (Å²) in [7, 11) is 0. The van der Waals surface area contributed by atoms with Gasteiger partial charge in [-0.15, -0.1) is 0 Å². The lowest BCUT2D eigenvalue weighted by molar-refractivity contribution is 0.546. The van der Waals surface area contributed by atoms with Crippen molar-refractivity contribution in [3.8, 4) is 0 Å². The zero-order chi connectivity index (χ0) is 12.8. The molecule has 0 aliphatic heterocycles. The second-order valence-electron chi connectivity index (χ2n) is 5.14. The van der Waals surface area contributed by atoms with E-state index >= 15 is 0 Å². The van der Waals surface area contributed by atoms with E-state index in [1.807, 2.05) is 0 Å². The number of thiol groups is 2. The van der Waals surface area contributed by atoms with Crippen molar-refractivity contribution in [2.75, 3.05) is 5.75 Å². The first kappa shape index (κ1) is 17.7. The van der Waals surface area contributed by atoms with Crippen molar-refractivity contribution >= 4 is 25.3 Å². The molecule has 0 spiro atoms. The predicted molar refractivity (Wildman–Crippen MR) is 87.7 cm³/mol. The molecule has 2 heteroatoms. The Balaban J connectivity index is 2.98. The molecule has 0 N–H and O–H groups in total. The fourth-order valence-electron chi connectivity index (χ4n) is 2.16. The van der Waals surface area contributed by atoms with Crippen molar-refractivity contribution in [3.63, 3.8) is 0 Å². The summed E-state index contributed by atoms with van der Waals surface area (Å²) in [6.45, 7) is 2.28. The molecule has 0 fully saturated rings. The molecule has 17 heavy (non-hydrogen) atoms. The van der Waals surface area contributed by atoms with E-state index in [2.05, 4.69) is 32.2 Å². The quantitative estimate of drug-likeness (QED) is 0.303. The van der Waals surface area contributed by atoms with Crippen molar-refractivity contribution in [2.24, 2.45) is 0 Å². The SMILES string of the molecule is CCCCCCCCCCCCC(S)CCS. The molecule has 0 aliphatic rings. The topological polar surface area (TPSA) is 0 Å². The Morgan fingerprint density at radius 3 is 1.65 bits per heavy atom. The van der Waals surface area contributed by atoms with Crippen LogP contribution in [0.4, 0.5) is 0 Å². The molecule has 0 amide bonds. The van der Waals surface area contributed by atoms with Crippen LogP contribution in [0.15, 0.2) is 0 Å². The Bertz CT molecular complexity index is 137. The first-order chi connectivity index (χ1) is 8.31. The van der Waals surface area contributed by atoms with Crippen molar-refractivity contribution in [3.05, 3.63) is 0 Å². The van der Waals surface area contributed by atoms with Crippen LogP contribution >= 0.6 is 25.3 Å². The van der Waals surface area contributed by atoms with Gasteiger partial charge in [0.1, 0.15) is 0 Å². The molecule has 0 saturated heterocycles. The third-order valence-electron chi connectivity index (χ3n) is 3.35. The molecule has 0 radical (unpaired) electrons. The van der Waals surface area contributed by atoms with Gasteiger partial charge in [0, 0.05) is 5.25 Å². The van der Waals surface area contributed by atoms with E-state index in [4.69, 9.17) is 0 Å². The lowest BCUT2D eigenvalue weighted by atomic mass is 10.0. The van der Waals surface area contributed by atoms with Gasteiger partial charge in [0.25, 0.3) is 0 Å². The summed E-state index contributed by atoms with van der Waals surface area (Å²) in [6.07, 6.45) is 16.6. The monoisotopic (exact) mass is 276 g/mol. The average Bonchev–Trinajstić information content (AvgIpc) is 2.32. The molecule has 0 bridgehead atoms.